The second kappa shape index (κ2) is 15.9. The average Bonchev–Trinajstić information content (AvgIpc) is 3.19. The molecule has 13 nitrogen and oxygen atoms in total. The number of nitrogens with zero attached hydrogens (tertiary/aromatic N) is 2. The molecule has 3 rings (SSSR count). The molecule has 45 heavy (non-hydrogen) atoms. The molecule has 0 saturated carbocycles. The number of aliphatic hydroxyl groups excluding tert-OH is 1. The Kier molecular flexibility index (Phi) is 12.8. The molecule has 0 aliphatic carbocycles. The van der Waals surface area contributed by atoms with Gasteiger partial charge in [0.05, 0.1) is 12.7 Å². The number of hydrogen-bond donors (Lipinski definition) is 3. The SMILES string of the molecule is CCCC(CCC)C(=O)Nc1ccn([C@@H]2O[C@H](CO[P@@](=O)(N[C@@H](C)C(=O)OC(C)C)Oc3ccccc3)[C@@H](O)[C@@]2(C)F)c(=O)n1. The minimum atomic E-state index is -4.34. The van der Waals surface area contributed by atoms with Crippen LogP contribution in [0.15, 0.2) is 47.4 Å². The highest BCUT2D eigenvalue weighted by atomic mass is 31.2. The summed E-state index contributed by atoms with van der Waals surface area (Å²) in [5.41, 5.74) is -3.43. The van der Waals surface area contributed by atoms with Crippen molar-refractivity contribution in [3.8, 4) is 5.75 Å². The summed E-state index contributed by atoms with van der Waals surface area (Å²) in [4.78, 5) is 41.9. The molecule has 1 aromatic heterocycles. The summed E-state index contributed by atoms with van der Waals surface area (Å²) >= 11 is 0. The van der Waals surface area contributed by atoms with Gasteiger partial charge in [0.25, 0.3) is 0 Å². The third kappa shape index (κ3) is 9.67. The minimum Gasteiger partial charge on any atom is -0.462 e. The molecule has 1 fully saturated rings. The van der Waals surface area contributed by atoms with Crippen LogP contribution in [-0.4, -0.2) is 63.2 Å². The molecule has 15 heteroatoms. The topological polar surface area (TPSA) is 167 Å². The number of benzene rings is 1. The average molecular weight is 655 g/mol. The number of para-hydroxylation sites is 1. The molecule has 3 N–H and O–H groups in total. The predicted octanol–water partition coefficient (Wildman–Crippen LogP) is 4.52. The van der Waals surface area contributed by atoms with Crippen molar-refractivity contribution in [2.75, 3.05) is 11.9 Å². The normalized spacial score (nSPS) is 23.5. The Labute approximate surface area is 262 Å². The number of hydrogen-bond acceptors (Lipinski definition) is 10. The molecule has 2 aromatic rings. The Morgan fingerprint density at radius 2 is 1.80 bits per heavy atom. The van der Waals surface area contributed by atoms with E-state index in [1.807, 2.05) is 13.8 Å². The molecule has 250 valence electrons. The number of aliphatic hydroxyl groups is 1. The van der Waals surface area contributed by atoms with Crippen molar-refractivity contribution < 1.29 is 42.2 Å². The number of ether oxygens (including phenoxy) is 2. The first-order valence-corrected chi connectivity index (χ1v) is 16.6. The molecular weight excluding hydrogens is 610 g/mol. The second-order valence-corrected chi connectivity index (χ2v) is 13.1. The standard InChI is InChI=1S/C30H44FN4O9P/c1-7-12-21(13-8-2)26(37)32-24-16-17-35(29(39)33-24)28-30(6,31)25(36)23(43-28)18-41-45(40,44-22-14-10-9-11-15-22)34-20(5)27(38)42-19(3)4/h9-11,14-17,19-21,23,25,28,36H,7-8,12-13,18H2,1-6H3,(H,34,40)(H,32,33,37,39)/t20-,23+,25+,28+,30+,45-/m0/s1. The number of amides is 1. The van der Waals surface area contributed by atoms with E-state index in [-0.39, 0.29) is 23.4 Å². The monoisotopic (exact) mass is 654 g/mol. The summed E-state index contributed by atoms with van der Waals surface area (Å²) in [5, 5.41) is 16.0. The molecule has 0 radical (unpaired) electrons. The highest BCUT2D eigenvalue weighted by Crippen LogP contribution is 2.47. The van der Waals surface area contributed by atoms with Gasteiger partial charge in [-0.15, -0.1) is 0 Å². The van der Waals surface area contributed by atoms with Crippen molar-refractivity contribution in [1.82, 2.24) is 14.6 Å². The lowest BCUT2D eigenvalue weighted by molar-refractivity contribution is -0.149. The first kappa shape index (κ1) is 36.3. The largest absolute Gasteiger partial charge is 0.462 e. The van der Waals surface area contributed by atoms with Gasteiger partial charge in [-0.2, -0.15) is 10.1 Å². The predicted molar refractivity (Wildman–Crippen MR) is 164 cm³/mol. The maximum atomic E-state index is 15.9. The van der Waals surface area contributed by atoms with Gasteiger partial charge in [-0.3, -0.25) is 18.7 Å². The zero-order valence-electron chi connectivity index (χ0n) is 26.5. The fraction of sp³-hybridized carbons (Fsp3) is 0.600. The van der Waals surface area contributed by atoms with Gasteiger partial charge in [-0.05, 0) is 58.7 Å². The van der Waals surface area contributed by atoms with Gasteiger partial charge in [0, 0.05) is 12.1 Å². The lowest BCUT2D eigenvalue weighted by Crippen LogP contribution is -2.43. The van der Waals surface area contributed by atoms with Gasteiger partial charge in [0.2, 0.25) is 5.91 Å². The molecule has 0 spiro atoms. The molecule has 6 atom stereocenters. The van der Waals surface area contributed by atoms with E-state index in [0.29, 0.717) is 12.8 Å². The number of esters is 1. The molecule has 1 aliphatic rings. The summed E-state index contributed by atoms with van der Waals surface area (Å²) < 4.78 is 52.6. The summed E-state index contributed by atoms with van der Waals surface area (Å²) in [6.45, 7) is 9.08. The Balaban J connectivity index is 1.77. The van der Waals surface area contributed by atoms with Gasteiger partial charge in [-0.25, -0.2) is 13.8 Å². The molecule has 1 saturated heterocycles. The van der Waals surface area contributed by atoms with Crippen molar-refractivity contribution in [3.63, 3.8) is 0 Å². The van der Waals surface area contributed by atoms with Crippen LogP contribution < -0.4 is 20.6 Å². The molecule has 1 aliphatic heterocycles. The number of alkyl halides is 1. The highest BCUT2D eigenvalue weighted by molar-refractivity contribution is 7.52. The fourth-order valence-electron chi connectivity index (χ4n) is 4.85. The van der Waals surface area contributed by atoms with E-state index < -0.39 is 62.3 Å². The van der Waals surface area contributed by atoms with E-state index in [9.17, 15) is 24.1 Å². The molecule has 1 aromatic carbocycles. The number of nitrogens with one attached hydrogen (secondary N) is 2. The lowest BCUT2D eigenvalue weighted by Gasteiger charge is -2.25. The van der Waals surface area contributed by atoms with Crippen LogP contribution in [-0.2, 0) is 28.2 Å². The van der Waals surface area contributed by atoms with Gasteiger partial charge in [0.1, 0.15) is 29.8 Å². The lowest BCUT2D eigenvalue weighted by atomic mass is 9.97. The zero-order valence-corrected chi connectivity index (χ0v) is 27.4. The highest BCUT2D eigenvalue weighted by Gasteiger charge is 2.56. The van der Waals surface area contributed by atoms with Crippen molar-refractivity contribution in [1.29, 1.82) is 0 Å². The third-order valence-corrected chi connectivity index (χ3v) is 8.77. The van der Waals surface area contributed by atoms with E-state index in [4.69, 9.17) is 18.5 Å². The number of halogens is 1. The van der Waals surface area contributed by atoms with Crippen LogP contribution in [0.25, 0.3) is 0 Å². The molecular formula is C30H44FN4O9P. The maximum Gasteiger partial charge on any atom is 0.459 e. The molecule has 0 unspecified atom stereocenters. The van der Waals surface area contributed by atoms with Crippen LogP contribution >= 0.6 is 7.75 Å². The maximum absolute atomic E-state index is 15.9. The van der Waals surface area contributed by atoms with Crippen LogP contribution in [0.5, 0.6) is 5.75 Å². The molecule has 2 heterocycles. The van der Waals surface area contributed by atoms with Crippen molar-refractivity contribution in [3.05, 3.63) is 53.1 Å². The van der Waals surface area contributed by atoms with Gasteiger partial charge in [-0.1, -0.05) is 44.9 Å². The van der Waals surface area contributed by atoms with Crippen LogP contribution in [0.1, 0.15) is 73.5 Å². The van der Waals surface area contributed by atoms with Crippen LogP contribution in [0, 0.1) is 5.92 Å². The van der Waals surface area contributed by atoms with Crippen LogP contribution in [0.2, 0.25) is 0 Å². The number of rotatable bonds is 16. The van der Waals surface area contributed by atoms with E-state index in [0.717, 1.165) is 24.3 Å². The van der Waals surface area contributed by atoms with E-state index >= 15 is 4.39 Å². The number of aromatic nitrogens is 2. The second-order valence-electron chi connectivity index (χ2n) is 11.4. The van der Waals surface area contributed by atoms with E-state index in [1.54, 1.807) is 32.0 Å². The summed E-state index contributed by atoms with van der Waals surface area (Å²) in [5.74, 6) is -1.04. The summed E-state index contributed by atoms with van der Waals surface area (Å²) in [6, 6.07) is 8.23. The number of carbonyl (C=O) groups is 2. The Morgan fingerprint density at radius 3 is 2.38 bits per heavy atom. The van der Waals surface area contributed by atoms with Gasteiger partial charge in [0.15, 0.2) is 11.9 Å². The van der Waals surface area contributed by atoms with Crippen molar-refractivity contribution >= 4 is 25.4 Å². The third-order valence-electron chi connectivity index (χ3n) is 7.13. The summed E-state index contributed by atoms with van der Waals surface area (Å²) in [6.07, 6.45) is -1.07. The van der Waals surface area contributed by atoms with Crippen molar-refractivity contribution in [2.45, 2.75) is 103 Å². The quantitative estimate of drug-likeness (QED) is 0.172. The van der Waals surface area contributed by atoms with E-state index in [1.165, 1.54) is 31.3 Å². The van der Waals surface area contributed by atoms with Crippen LogP contribution in [0.4, 0.5) is 10.2 Å². The number of carbonyl (C=O) groups excluding carboxylic acids is 2. The van der Waals surface area contributed by atoms with Gasteiger partial charge < -0.3 is 24.4 Å². The summed E-state index contributed by atoms with van der Waals surface area (Å²) in [7, 11) is -4.34. The Hall–Kier alpha value is -3.16. The minimum absolute atomic E-state index is 0.00707. The zero-order chi connectivity index (χ0) is 33.4. The molecule has 1 amide bonds. The number of anilines is 1. The van der Waals surface area contributed by atoms with Crippen molar-refractivity contribution in [2.24, 2.45) is 5.92 Å². The van der Waals surface area contributed by atoms with Crippen LogP contribution in [0.3, 0.4) is 0 Å². The first-order valence-electron chi connectivity index (χ1n) is 15.1. The smallest absolute Gasteiger partial charge is 0.459 e. The Morgan fingerprint density at radius 1 is 1.16 bits per heavy atom. The molecule has 0 bridgehead atoms. The van der Waals surface area contributed by atoms with Gasteiger partial charge >= 0.3 is 19.4 Å². The Bertz CT molecular complexity index is 1380. The van der Waals surface area contributed by atoms with E-state index in [2.05, 4.69) is 15.4 Å². The fourth-order valence-corrected chi connectivity index (χ4v) is 6.35. The first-order chi connectivity index (χ1) is 21.2.